The first-order chi connectivity index (χ1) is 14.0. The summed E-state index contributed by atoms with van der Waals surface area (Å²) in [6.45, 7) is 5.52. The molecule has 4 N–H and O–H groups in total. The Bertz CT molecular complexity index is 914. The lowest BCUT2D eigenvalue weighted by Gasteiger charge is -2.16. The van der Waals surface area contributed by atoms with E-state index in [0.29, 0.717) is 24.6 Å². The second kappa shape index (κ2) is 9.74. The van der Waals surface area contributed by atoms with Crippen molar-refractivity contribution in [3.63, 3.8) is 0 Å². The summed E-state index contributed by atoms with van der Waals surface area (Å²) in [5.41, 5.74) is 13.4. The van der Waals surface area contributed by atoms with E-state index in [2.05, 4.69) is 10.7 Å². The highest BCUT2D eigenvalue weighted by molar-refractivity contribution is 5.78. The lowest BCUT2D eigenvalue weighted by molar-refractivity contribution is -0.120. The van der Waals surface area contributed by atoms with Crippen LogP contribution in [0.3, 0.4) is 0 Å². The molecular weight excluding hydrogens is 364 g/mol. The SMILES string of the molecule is Cc1ccc(CN)c(CNC(=O)Cc2c(C)ccn(NCC3CCCC3)c2=O)c1. The van der Waals surface area contributed by atoms with Gasteiger partial charge in [0, 0.05) is 31.4 Å². The van der Waals surface area contributed by atoms with Crippen LogP contribution in [0.1, 0.15) is 53.5 Å². The first-order valence-corrected chi connectivity index (χ1v) is 10.5. The number of carbonyl (C=O) groups excluding carboxylic acids is 1. The van der Waals surface area contributed by atoms with Crippen LogP contribution in [0.15, 0.2) is 35.3 Å². The summed E-state index contributed by atoms with van der Waals surface area (Å²) in [7, 11) is 0. The Morgan fingerprint density at radius 1 is 1.17 bits per heavy atom. The van der Waals surface area contributed by atoms with Crippen molar-refractivity contribution in [3.05, 3.63) is 68.6 Å². The minimum atomic E-state index is -0.164. The molecule has 0 spiro atoms. The Kier molecular flexibility index (Phi) is 7.09. The zero-order valence-corrected chi connectivity index (χ0v) is 17.5. The molecular formula is C23H32N4O2. The standard InChI is InChI=1S/C23H32N4O2/c1-16-7-8-19(13-24)20(11-16)15-25-22(28)12-21-17(2)9-10-27(23(21)29)26-14-18-5-3-4-6-18/h7-11,18,26H,3-6,12-15,24H2,1-2H3,(H,25,28). The van der Waals surface area contributed by atoms with Gasteiger partial charge in [-0.25, -0.2) is 4.68 Å². The molecule has 156 valence electrons. The van der Waals surface area contributed by atoms with Crippen LogP contribution in [-0.4, -0.2) is 17.1 Å². The first-order valence-electron chi connectivity index (χ1n) is 10.5. The Labute approximate surface area is 172 Å². The van der Waals surface area contributed by atoms with Crippen molar-refractivity contribution in [1.29, 1.82) is 0 Å². The highest BCUT2D eigenvalue weighted by Gasteiger charge is 2.16. The van der Waals surface area contributed by atoms with Gasteiger partial charge in [0.15, 0.2) is 0 Å². The number of nitrogens with zero attached hydrogens (tertiary/aromatic N) is 1. The number of hydrogen-bond acceptors (Lipinski definition) is 4. The second-order valence-corrected chi connectivity index (χ2v) is 8.09. The number of amides is 1. The van der Waals surface area contributed by atoms with Crippen molar-refractivity contribution in [2.45, 2.75) is 59.0 Å². The molecule has 0 radical (unpaired) electrons. The van der Waals surface area contributed by atoms with E-state index in [9.17, 15) is 9.59 Å². The van der Waals surface area contributed by atoms with E-state index in [1.54, 1.807) is 6.20 Å². The summed E-state index contributed by atoms with van der Waals surface area (Å²) >= 11 is 0. The molecule has 1 heterocycles. The monoisotopic (exact) mass is 396 g/mol. The molecule has 3 rings (SSSR count). The molecule has 1 aliphatic rings. The van der Waals surface area contributed by atoms with Crippen molar-refractivity contribution in [3.8, 4) is 0 Å². The Morgan fingerprint density at radius 3 is 2.66 bits per heavy atom. The van der Waals surface area contributed by atoms with Crippen LogP contribution in [0, 0.1) is 19.8 Å². The van der Waals surface area contributed by atoms with Gasteiger partial charge in [0.2, 0.25) is 5.91 Å². The van der Waals surface area contributed by atoms with Crippen LogP contribution >= 0.6 is 0 Å². The number of carbonyl (C=O) groups is 1. The number of hydrogen-bond donors (Lipinski definition) is 3. The van der Waals surface area contributed by atoms with Crippen LogP contribution in [-0.2, 0) is 24.3 Å². The quantitative estimate of drug-likeness (QED) is 0.640. The first kappa shape index (κ1) is 21.1. The van der Waals surface area contributed by atoms with Crippen molar-refractivity contribution >= 4 is 5.91 Å². The van der Waals surface area contributed by atoms with Crippen LogP contribution in [0.5, 0.6) is 0 Å². The summed E-state index contributed by atoms with van der Waals surface area (Å²) in [5.74, 6) is 0.462. The van der Waals surface area contributed by atoms with E-state index in [-0.39, 0.29) is 17.9 Å². The maximum absolute atomic E-state index is 12.9. The molecule has 1 aromatic heterocycles. The largest absolute Gasteiger partial charge is 0.352 e. The van der Waals surface area contributed by atoms with Crippen LogP contribution in [0.4, 0.5) is 0 Å². The predicted octanol–water partition coefficient (Wildman–Crippen LogP) is 2.52. The molecule has 29 heavy (non-hydrogen) atoms. The summed E-state index contributed by atoms with van der Waals surface area (Å²) < 4.78 is 1.53. The molecule has 0 aliphatic heterocycles. The molecule has 0 unspecified atom stereocenters. The van der Waals surface area contributed by atoms with E-state index < -0.39 is 0 Å². The van der Waals surface area contributed by atoms with E-state index in [4.69, 9.17) is 5.73 Å². The van der Waals surface area contributed by atoms with Crippen LogP contribution < -0.4 is 22.0 Å². The number of nitrogens with two attached hydrogens (primary N) is 1. The molecule has 0 bridgehead atoms. The van der Waals surface area contributed by atoms with E-state index in [1.165, 1.54) is 30.4 Å². The molecule has 6 nitrogen and oxygen atoms in total. The van der Waals surface area contributed by atoms with Gasteiger partial charge in [0.25, 0.3) is 5.56 Å². The normalized spacial score (nSPS) is 14.2. The lowest BCUT2D eigenvalue weighted by atomic mass is 10.0. The molecule has 6 heteroatoms. The highest BCUT2D eigenvalue weighted by atomic mass is 16.2. The summed E-state index contributed by atoms with van der Waals surface area (Å²) in [5, 5.41) is 2.94. The van der Waals surface area contributed by atoms with Crippen molar-refractivity contribution in [2.24, 2.45) is 11.7 Å². The average molecular weight is 397 g/mol. The summed E-state index contributed by atoms with van der Waals surface area (Å²) in [4.78, 5) is 25.4. The van der Waals surface area contributed by atoms with Gasteiger partial charge in [-0.05, 0) is 55.4 Å². The fraction of sp³-hybridized carbons (Fsp3) is 0.478. The number of rotatable bonds is 8. The smallest absolute Gasteiger partial charge is 0.272 e. The highest BCUT2D eigenvalue weighted by Crippen LogP contribution is 2.23. The minimum Gasteiger partial charge on any atom is -0.352 e. The Morgan fingerprint density at radius 2 is 1.93 bits per heavy atom. The molecule has 1 aliphatic carbocycles. The van der Waals surface area contributed by atoms with Gasteiger partial charge in [0.05, 0.1) is 6.42 Å². The van der Waals surface area contributed by atoms with Gasteiger partial charge in [-0.2, -0.15) is 0 Å². The van der Waals surface area contributed by atoms with Crippen LogP contribution in [0.25, 0.3) is 0 Å². The third-order valence-corrected chi connectivity index (χ3v) is 5.85. The van der Waals surface area contributed by atoms with Crippen molar-refractivity contribution in [1.82, 2.24) is 9.99 Å². The number of pyridine rings is 1. The molecule has 1 aromatic carbocycles. The summed E-state index contributed by atoms with van der Waals surface area (Å²) in [6, 6.07) is 7.93. The number of benzene rings is 1. The zero-order chi connectivity index (χ0) is 20.8. The van der Waals surface area contributed by atoms with Crippen LogP contribution in [0.2, 0.25) is 0 Å². The van der Waals surface area contributed by atoms with Gasteiger partial charge >= 0.3 is 0 Å². The third kappa shape index (κ3) is 5.48. The van der Waals surface area contributed by atoms with Gasteiger partial charge in [-0.3, -0.25) is 9.59 Å². The molecule has 0 saturated heterocycles. The molecule has 0 atom stereocenters. The second-order valence-electron chi connectivity index (χ2n) is 8.09. The Balaban J connectivity index is 1.64. The maximum atomic E-state index is 12.9. The third-order valence-electron chi connectivity index (χ3n) is 5.85. The molecule has 1 fully saturated rings. The van der Waals surface area contributed by atoms with Gasteiger partial charge in [-0.15, -0.1) is 0 Å². The molecule has 1 saturated carbocycles. The van der Waals surface area contributed by atoms with Gasteiger partial charge < -0.3 is 16.5 Å². The topological polar surface area (TPSA) is 89.2 Å². The van der Waals surface area contributed by atoms with Crippen molar-refractivity contribution in [2.75, 3.05) is 12.0 Å². The van der Waals surface area contributed by atoms with Gasteiger partial charge in [0.1, 0.15) is 0 Å². The number of aryl methyl sites for hydroxylation is 2. The maximum Gasteiger partial charge on any atom is 0.272 e. The van der Waals surface area contributed by atoms with E-state index in [1.807, 2.05) is 38.1 Å². The predicted molar refractivity (Wildman–Crippen MR) is 116 cm³/mol. The number of aromatic nitrogens is 1. The van der Waals surface area contributed by atoms with Gasteiger partial charge in [-0.1, -0.05) is 36.6 Å². The van der Waals surface area contributed by atoms with E-state index in [0.717, 1.165) is 28.8 Å². The zero-order valence-electron chi connectivity index (χ0n) is 17.5. The number of nitrogens with one attached hydrogen (secondary N) is 2. The fourth-order valence-corrected chi connectivity index (χ4v) is 3.99. The van der Waals surface area contributed by atoms with E-state index >= 15 is 0 Å². The summed E-state index contributed by atoms with van der Waals surface area (Å²) in [6.07, 6.45) is 6.80. The van der Waals surface area contributed by atoms with Crippen molar-refractivity contribution < 1.29 is 4.79 Å². The Hall–Kier alpha value is -2.60. The lowest BCUT2D eigenvalue weighted by Crippen LogP contribution is -2.36. The molecule has 1 amide bonds. The average Bonchev–Trinajstić information content (AvgIpc) is 3.22. The minimum absolute atomic E-state index is 0.0698. The fourth-order valence-electron chi connectivity index (χ4n) is 3.99. The molecule has 2 aromatic rings.